The highest BCUT2D eigenvalue weighted by atomic mass is 19.4. The molecule has 0 atom stereocenters. The van der Waals surface area contributed by atoms with Crippen LogP contribution in [0.2, 0.25) is 0 Å². The summed E-state index contributed by atoms with van der Waals surface area (Å²) >= 11 is 0. The summed E-state index contributed by atoms with van der Waals surface area (Å²) in [6.45, 7) is 7.56. The van der Waals surface area contributed by atoms with Crippen molar-refractivity contribution in [2.24, 2.45) is 0 Å². The van der Waals surface area contributed by atoms with Gasteiger partial charge in [0.15, 0.2) is 0 Å². The predicted molar refractivity (Wildman–Crippen MR) is 56.1 cm³/mol. The van der Waals surface area contributed by atoms with Gasteiger partial charge in [-0.1, -0.05) is 6.08 Å². The third-order valence-electron chi connectivity index (χ3n) is 1.81. The third kappa shape index (κ3) is 5.63. The van der Waals surface area contributed by atoms with Crippen LogP contribution in [0.15, 0.2) is 12.7 Å². The van der Waals surface area contributed by atoms with Crippen molar-refractivity contribution >= 4 is 6.03 Å². The average molecular weight is 238 g/mol. The van der Waals surface area contributed by atoms with Gasteiger partial charge in [-0.2, -0.15) is 13.2 Å². The molecule has 1 N–H and O–H groups in total. The van der Waals surface area contributed by atoms with Crippen molar-refractivity contribution in [2.75, 3.05) is 13.1 Å². The van der Waals surface area contributed by atoms with E-state index in [0.29, 0.717) is 0 Å². The number of nitrogens with zero attached hydrogens (tertiary/aromatic N) is 1. The molecular weight excluding hydrogens is 221 g/mol. The molecule has 0 aromatic carbocycles. The van der Waals surface area contributed by atoms with Gasteiger partial charge in [0.1, 0.15) is 6.54 Å². The quantitative estimate of drug-likeness (QED) is 0.753. The Hall–Kier alpha value is -1.20. The molecule has 0 bridgehead atoms. The fourth-order valence-corrected chi connectivity index (χ4v) is 1.06. The second-order valence-corrected chi connectivity index (χ2v) is 4.34. The van der Waals surface area contributed by atoms with Crippen molar-refractivity contribution in [3.8, 4) is 0 Å². The van der Waals surface area contributed by atoms with E-state index in [-0.39, 0.29) is 6.54 Å². The van der Waals surface area contributed by atoms with Crippen molar-refractivity contribution < 1.29 is 18.0 Å². The zero-order valence-corrected chi connectivity index (χ0v) is 9.69. The van der Waals surface area contributed by atoms with E-state index in [1.807, 2.05) is 5.32 Å². The van der Waals surface area contributed by atoms with Crippen molar-refractivity contribution in [1.82, 2.24) is 10.2 Å². The maximum absolute atomic E-state index is 11.9. The number of hydrogen-bond acceptors (Lipinski definition) is 1. The second-order valence-electron chi connectivity index (χ2n) is 4.34. The van der Waals surface area contributed by atoms with Crippen LogP contribution in [0, 0.1) is 0 Å². The molecule has 6 heteroatoms. The maximum atomic E-state index is 11.9. The van der Waals surface area contributed by atoms with Gasteiger partial charge in [-0.15, -0.1) is 6.58 Å². The number of amides is 2. The molecule has 0 heterocycles. The Morgan fingerprint density at radius 2 is 1.88 bits per heavy atom. The standard InChI is InChI=1S/C10H17F3N2O/c1-5-6-15(9(2,3)4)8(16)14-7-10(11,12)13/h5H,1,6-7H2,2-4H3,(H,14,16). The lowest BCUT2D eigenvalue weighted by molar-refractivity contribution is -0.123. The van der Waals surface area contributed by atoms with Gasteiger partial charge in [0.25, 0.3) is 0 Å². The molecule has 0 radical (unpaired) electrons. The molecule has 94 valence electrons. The normalized spacial score (nSPS) is 12.1. The number of carbonyl (C=O) groups excluding carboxylic acids is 1. The molecular formula is C10H17F3N2O. The highest BCUT2D eigenvalue weighted by molar-refractivity contribution is 5.75. The van der Waals surface area contributed by atoms with Crippen LogP contribution < -0.4 is 5.32 Å². The highest BCUT2D eigenvalue weighted by Gasteiger charge is 2.31. The van der Waals surface area contributed by atoms with E-state index in [0.717, 1.165) is 0 Å². The van der Waals surface area contributed by atoms with Gasteiger partial charge in [0.2, 0.25) is 0 Å². The van der Waals surface area contributed by atoms with Crippen molar-refractivity contribution in [3.63, 3.8) is 0 Å². The smallest absolute Gasteiger partial charge is 0.329 e. The first-order chi connectivity index (χ1) is 7.08. The average Bonchev–Trinajstić information content (AvgIpc) is 2.07. The van der Waals surface area contributed by atoms with Crippen molar-refractivity contribution in [2.45, 2.75) is 32.5 Å². The zero-order chi connectivity index (χ0) is 13.0. The van der Waals surface area contributed by atoms with E-state index in [2.05, 4.69) is 6.58 Å². The van der Waals surface area contributed by atoms with E-state index in [1.54, 1.807) is 20.8 Å². The molecule has 2 amide bonds. The lowest BCUT2D eigenvalue weighted by Gasteiger charge is -2.34. The van der Waals surface area contributed by atoms with Crippen LogP contribution in [0.4, 0.5) is 18.0 Å². The fourth-order valence-electron chi connectivity index (χ4n) is 1.06. The molecule has 0 aromatic heterocycles. The summed E-state index contributed by atoms with van der Waals surface area (Å²) in [6, 6.07) is -0.746. The SMILES string of the molecule is C=CCN(C(=O)NCC(F)(F)F)C(C)(C)C. The number of alkyl halides is 3. The Kier molecular flexibility index (Phi) is 4.83. The Morgan fingerprint density at radius 1 is 1.38 bits per heavy atom. The van der Waals surface area contributed by atoms with E-state index in [4.69, 9.17) is 0 Å². The van der Waals surface area contributed by atoms with Crippen LogP contribution in [0.3, 0.4) is 0 Å². The topological polar surface area (TPSA) is 32.3 Å². The monoisotopic (exact) mass is 238 g/mol. The maximum Gasteiger partial charge on any atom is 0.405 e. The lowest BCUT2D eigenvalue weighted by Crippen LogP contribution is -2.51. The minimum atomic E-state index is -4.40. The van der Waals surface area contributed by atoms with E-state index in [1.165, 1.54) is 11.0 Å². The highest BCUT2D eigenvalue weighted by Crippen LogP contribution is 2.15. The van der Waals surface area contributed by atoms with Crippen LogP contribution in [0.1, 0.15) is 20.8 Å². The zero-order valence-electron chi connectivity index (χ0n) is 9.69. The first-order valence-corrected chi connectivity index (χ1v) is 4.81. The molecule has 0 saturated carbocycles. The predicted octanol–water partition coefficient (Wildman–Crippen LogP) is 2.54. The van der Waals surface area contributed by atoms with Gasteiger partial charge >= 0.3 is 12.2 Å². The Morgan fingerprint density at radius 3 is 2.19 bits per heavy atom. The molecule has 0 fully saturated rings. The van der Waals surface area contributed by atoms with E-state index in [9.17, 15) is 18.0 Å². The van der Waals surface area contributed by atoms with Crippen LogP contribution >= 0.6 is 0 Å². The Bertz CT molecular complexity index is 256. The number of hydrogen-bond donors (Lipinski definition) is 1. The molecule has 0 aliphatic heterocycles. The molecule has 0 aliphatic rings. The number of urea groups is 1. The van der Waals surface area contributed by atoms with Crippen molar-refractivity contribution in [1.29, 1.82) is 0 Å². The summed E-state index contributed by atoms with van der Waals surface area (Å²) in [7, 11) is 0. The van der Waals surface area contributed by atoms with Gasteiger partial charge in [0.05, 0.1) is 0 Å². The summed E-state index contributed by atoms with van der Waals surface area (Å²) < 4.78 is 35.7. The lowest BCUT2D eigenvalue weighted by atomic mass is 10.1. The van der Waals surface area contributed by atoms with Gasteiger partial charge in [0, 0.05) is 12.1 Å². The Balaban J connectivity index is 4.46. The molecule has 0 aliphatic carbocycles. The summed E-state index contributed by atoms with van der Waals surface area (Å²) in [4.78, 5) is 12.8. The summed E-state index contributed by atoms with van der Waals surface area (Å²) in [5.74, 6) is 0. The molecule has 16 heavy (non-hydrogen) atoms. The molecule has 0 rings (SSSR count). The van der Waals surface area contributed by atoms with E-state index < -0.39 is 24.3 Å². The van der Waals surface area contributed by atoms with Gasteiger partial charge in [-0.25, -0.2) is 4.79 Å². The van der Waals surface area contributed by atoms with Crippen LogP contribution in [0.25, 0.3) is 0 Å². The third-order valence-corrected chi connectivity index (χ3v) is 1.81. The van der Waals surface area contributed by atoms with Crippen LogP contribution in [-0.4, -0.2) is 35.7 Å². The molecule has 3 nitrogen and oxygen atoms in total. The Labute approximate surface area is 93.3 Å². The second kappa shape index (κ2) is 5.23. The number of carbonyl (C=O) groups is 1. The fraction of sp³-hybridized carbons (Fsp3) is 0.700. The summed E-state index contributed by atoms with van der Waals surface area (Å²) in [5.41, 5.74) is -0.552. The number of rotatable bonds is 3. The molecule has 0 aromatic rings. The molecule has 0 spiro atoms. The largest absolute Gasteiger partial charge is 0.405 e. The minimum Gasteiger partial charge on any atom is -0.329 e. The first-order valence-electron chi connectivity index (χ1n) is 4.81. The van der Waals surface area contributed by atoms with Gasteiger partial charge in [-0.05, 0) is 20.8 Å². The van der Waals surface area contributed by atoms with Crippen LogP contribution in [0.5, 0.6) is 0 Å². The number of halogens is 3. The summed E-state index contributed by atoms with van der Waals surface area (Å²) in [5, 5.41) is 1.83. The minimum absolute atomic E-state index is 0.202. The first kappa shape index (κ1) is 14.8. The van der Waals surface area contributed by atoms with E-state index >= 15 is 0 Å². The van der Waals surface area contributed by atoms with Crippen molar-refractivity contribution in [3.05, 3.63) is 12.7 Å². The number of nitrogens with one attached hydrogen (secondary N) is 1. The van der Waals surface area contributed by atoms with Gasteiger partial charge in [-0.3, -0.25) is 0 Å². The van der Waals surface area contributed by atoms with Gasteiger partial charge < -0.3 is 10.2 Å². The summed E-state index contributed by atoms with van der Waals surface area (Å²) in [6.07, 6.45) is -2.92. The van der Waals surface area contributed by atoms with Crippen LogP contribution in [-0.2, 0) is 0 Å². The molecule has 0 unspecified atom stereocenters. The molecule has 0 saturated heterocycles.